The summed E-state index contributed by atoms with van der Waals surface area (Å²) in [5.74, 6) is 2.95. The number of aryl methyl sites for hydroxylation is 1. The number of hydrogen-bond donors (Lipinski definition) is 0. The Balaban J connectivity index is 1.51. The van der Waals surface area contributed by atoms with Gasteiger partial charge in [-0.15, -0.1) is 11.6 Å². The third-order valence-electron chi connectivity index (χ3n) is 5.43. The van der Waals surface area contributed by atoms with E-state index in [-0.39, 0.29) is 5.92 Å². The van der Waals surface area contributed by atoms with E-state index in [1.165, 1.54) is 17.5 Å². The molecule has 20 heavy (non-hydrogen) atoms. The van der Waals surface area contributed by atoms with Crippen LogP contribution >= 0.6 is 11.6 Å². The molecule has 0 bridgehead atoms. The van der Waals surface area contributed by atoms with E-state index in [1.807, 2.05) is 0 Å². The molecule has 4 rings (SSSR count). The summed E-state index contributed by atoms with van der Waals surface area (Å²) in [6.45, 7) is 1.79. The van der Waals surface area contributed by atoms with Crippen LogP contribution in [0.15, 0.2) is 24.3 Å². The number of rotatable bonds is 2. The Kier molecular flexibility index (Phi) is 3.03. The second-order valence-corrected chi connectivity index (χ2v) is 6.85. The van der Waals surface area contributed by atoms with E-state index in [0.29, 0.717) is 29.5 Å². The van der Waals surface area contributed by atoms with E-state index in [4.69, 9.17) is 11.6 Å². The van der Waals surface area contributed by atoms with Crippen molar-refractivity contribution >= 4 is 17.5 Å². The number of benzene rings is 1. The first kappa shape index (κ1) is 12.7. The number of fused-ring (bicyclic) bond motifs is 3. The Morgan fingerprint density at radius 2 is 2.15 bits per heavy atom. The van der Waals surface area contributed by atoms with Crippen LogP contribution in [0.5, 0.6) is 0 Å². The van der Waals surface area contributed by atoms with Gasteiger partial charge >= 0.3 is 0 Å². The minimum Gasteiger partial charge on any atom is -0.342 e. The van der Waals surface area contributed by atoms with Crippen LogP contribution in [0.1, 0.15) is 29.9 Å². The Morgan fingerprint density at radius 3 is 2.95 bits per heavy atom. The first-order valence-corrected chi connectivity index (χ1v) is 8.25. The Morgan fingerprint density at radius 1 is 1.30 bits per heavy atom. The van der Waals surface area contributed by atoms with Crippen molar-refractivity contribution in [1.29, 1.82) is 0 Å². The van der Waals surface area contributed by atoms with Gasteiger partial charge in [0.15, 0.2) is 0 Å². The lowest BCUT2D eigenvalue weighted by molar-refractivity contribution is -0.132. The minimum atomic E-state index is 0.257. The van der Waals surface area contributed by atoms with Crippen LogP contribution in [0.2, 0.25) is 0 Å². The molecule has 1 saturated carbocycles. The number of likely N-dealkylation sites (tertiary alicyclic amines) is 1. The molecule has 3 aliphatic rings. The summed E-state index contributed by atoms with van der Waals surface area (Å²) in [5.41, 5.74) is 2.90. The van der Waals surface area contributed by atoms with Gasteiger partial charge in [-0.3, -0.25) is 4.79 Å². The third-order valence-corrected chi connectivity index (χ3v) is 5.87. The number of alkyl halides is 1. The molecule has 2 aliphatic carbocycles. The van der Waals surface area contributed by atoms with Gasteiger partial charge < -0.3 is 4.90 Å². The van der Waals surface area contributed by atoms with Gasteiger partial charge in [-0.25, -0.2) is 0 Å². The van der Waals surface area contributed by atoms with E-state index < -0.39 is 0 Å². The van der Waals surface area contributed by atoms with Crippen LogP contribution in [-0.2, 0) is 11.2 Å². The summed E-state index contributed by atoms with van der Waals surface area (Å²) >= 11 is 5.92. The summed E-state index contributed by atoms with van der Waals surface area (Å²) in [7, 11) is 0. The average molecular weight is 290 g/mol. The topological polar surface area (TPSA) is 20.3 Å². The van der Waals surface area contributed by atoms with E-state index in [2.05, 4.69) is 29.2 Å². The van der Waals surface area contributed by atoms with Gasteiger partial charge in [0.05, 0.1) is 0 Å². The first-order valence-electron chi connectivity index (χ1n) is 7.72. The van der Waals surface area contributed by atoms with Crippen LogP contribution in [0.3, 0.4) is 0 Å². The fraction of sp³-hybridized carbons (Fsp3) is 0.588. The lowest BCUT2D eigenvalue weighted by atomic mass is 9.92. The van der Waals surface area contributed by atoms with Crippen molar-refractivity contribution < 1.29 is 4.79 Å². The maximum absolute atomic E-state index is 12.7. The summed E-state index contributed by atoms with van der Waals surface area (Å²) in [6.07, 6.45) is 3.41. The maximum atomic E-state index is 12.7. The highest BCUT2D eigenvalue weighted by atomic mass is 35.5. The molecule has 1 aliphatic heterocycles. The quantitative estimate of drug-likeness (QED) is 0.766. The van der Waals surface area contributed by atoms with E-state index in [1.54, 1.807) is 0 Å². The Bertz CT molecular complexity index is 544. The van der Waals surface area contributed by atoms with Crippen molar-refractivity contribution in [2.24, 2.45) is 17.8 Å². The van der Waals surface area contributed by atoms with Gasteiger partial charge in [-0.05, 0) is 48.1 Å². The summed E-state index contributed by atoms with van der Waals surface area (Å²) in [5, 5.41) is 0. The molecule has 0 aromatic heterocycles. The Labute approximate surface area is 125 Å². The smallest absolute Gasteiger partial charge is 0.226 e. The minimum absolute atomic E-state index is 0.257. The molecule has 0 radical (unpaired) electrons. The zero-order chi connectivity index (χ0) is 13.7. The van der Waals surface area contributed by atoms with Crippen molar-refractivity contribution in [2.45, 2.75) is 25.2 Å². The average Bonchev–Trinajstić information content (AvgIpc) is 3.04. The van der Waals surface area contributed by atoms with Crippen LogP contribution < -0.4 is 0 Å². The monoisotopic (exact) mass is 289 g/mol. The lowest BCUT2D eigenvalue weighted by Crippen LogP contribution is -2.31. The second-order valence-electron chi connectivity index (χ2n) is 6.55. The number of carbonyl (C=O) groups is 1. The molecular formula is C17H20ClNO. The van der Waals surface area contributed by atoms with Crippen LogP contribution in [0.4, 0.5) is 0 Å². The van der Waals surface area contributed by atoms with Gasteiger partial charge in [0, 0.05) is 24.9 Å². The summed E-state index contributed by atoms with van der Waals surface area (Å²) < 4.78 is 0. The van der Waals surface area contributed by atoms with Crippen LogP contribution in [-0.4, -0.2) is 29.8 Å². The van der Waals surface area contributed by atoms with Gasteiger partial charge in [-0.1, -0.05) is 24.3 Å². The largest absolute Gasteiger partial charge is 0.342 e. The molecule has 1 aromatic rings. The van der Waals surface area contributed by atoms with Gasteiger partial charge in [0.2, 0.25) is 5.91 Å². The number of halogens is 1. The third kappa shape index (κ3) is 1.88. The predicted octanol–water partition coefficient (Wildman–Crippen LogP) is 3.05. The van der Waals surface area contributed by atoms with Crippen molar-refractivity contribution in [2.75, 3.05) is 19.0 Å². The molecule has 4 unspecified atom stereocenters. The molecule has 0 spiro atoms. The molecule has 1 amide bonds. The fourth-order valence-electron chi connectivity index (χ4n) is 4.27. The lowest BCUT2D eigenvalue weighted by Gasteiger charge is -2.16. The zero-order valence-corrected chi connectivity index (χ0v) is 12.4. The van der Waals surface area contributed by atoms with Crippen LogP contribution in [0.25, 0.3) is 0 Å². The van der Waals surface area contributed by atoms with Gasteiger partial charge in [-0.2, -0.15) is 0 Å². The fourth-order valence-corrected chi connectivity index (χ4v) is 4.52. The van der Waals surface area contributed by atoms with Crippen molar-refractivity contribution in [3.8, 4) is 0 Å². The van der Waals surface area contributed by atoms with E-state index in [0.717, 1.165) is 25.9 Å². The highest BCUT2D eigenvalue weighted by molar-refractivity contribution is 6.18. The van der Waals surface area contributed by atoms with Gasteiger partial charge in [0.25, 0.3) is 0 Å². The van der Waals surface area contributed by atoms with Crippen LogP contribution in [0, 0.1) is 17.8 Å². The number of carbonyl (C=O) groups excluding carboxylic acids is 1. The second kappa shape index (κ2) is 4.77. The van der Waals surface area contributed by atoms with Gasteiger partial charge in [0.1, 0.15) is 0 Å². The molecule has 4 atom stereocenters. The van der Waals surface area contributed by atoms with Crippen molar-refractivity contribution in [3.05, 3.63) is 35.4 Å². The normalized spacial score (nSPS) is 34.5. The molecule has 106 valence electrons. The van der Waals surface area contributed by atoms with Crippen molar-refractivity contribution in [3.63, 3.8) is 0 Å². The first-order chi connectivity index (χ1) is 9.79. The van der Waals surface area contributed by atoms with E-state index >= 15 is 0 Å². The number of amides is 1. The molecule has 1 heterocycles. The summed E-state index contributed by atoms with van der Waals surface area (Å²) in [6, 6.07) is 8.68. The van der Waals surface area contributed by atoms with Crippen molar-refractivity contribution in [1.82, 2.24) is 4.90 Å². The SMILES string of the molecule is O=C(C1C2CCc3ccccc3C21)N1CCC(CCl)C1. The van der Waals surface area contributed by atoms with E-state index in [9.17, 15) is 4.79 Å². The molecule has 2 fully saturated rings. The molecule has 0 N–H and O–H groups in total. The standard InChI is InChI=1S/C17H20ClNO/c18-9-11-7-8-19(10-11)17(20)16-14-6-5-12-3-1-2-4-13(12)15(14)16/h1-4,11,14-16H,5-10H2. The number of nitrogens with zero attached hydrogens (tertiary/aromatic N) is 1. The molecule has 3 heteroatoms. The number of hydrogen-bond acceptors (Lipinski definition) is 1. The molecule has 1 aromatic carbocycles. The molecule has 2 nitrogen and oxygen atoms in total. The Hall–Kier alpha value is -1.02. The maximum Gasteiger partial charge on any atom is 0.226 e. The molecular weight excluding hydrogens is 270 g/mol. The highest BCUT2D eigenvalue weighted by Gasteiger charge is 2.58. The zero-order valence-electron chi connectivity index (χ0n) is 11.6. The summed E-state index contributed by atoms with van der Waals surface area (Å²) in [4.78, 5) is 14.8. The molecule has 1 saturated heterocycles. The predicted molar refractivity (Wildman–Crippen MR) is 79.9 cm³/mol. The highest BCUT2D eigenvalue weighted by Crippen LogP contribution is 2.60.